The summed E-state index contributed by atoms with van der Waals surface area (Å²) in [6.07, 6.45) is 3.62. The maximum absolute atomic E-state index is 6.28. The van der Waals surface area contributed by atoms with E-state index < -0.39 is 0 Å². The number of hydrogen-bond donors (Lipinski definition) is 2. The molecule has 5 nitrogen and oxygen atoms in total. The van der Waals surface area contributed by atoms with Crippen LogP contribution in [0.1, 0.15) is 6.92 Å². The van der Waals surface area contributed by atoms with Crippen LogP contribution in [0.2, 0.25) is 0 Å². The number of fused-ring (bicyclic) bond motifs is 1. The van der Waals surface area contributed by atoms with E-state index in [0.717, 1.165) is 55.0 Å². The standard InChI is InChI=1S/C16H22N4O/c1-12(11-20-6-8-21-9-7-20)19-15-3-2-13-10-18-5-4-14(13)16(15)17/h2-5,10,12,19H,6-9,11,17H2,1H3. The van der Waals surface area contributed by atoms with Gasteiger partial charge in [-0.2, -0.15) is 0 Å². The van der Waals surface area contributed by atoms with E-state index >= 15 is 0 Å². The van der Waals surface area contributed by atoms with Gasteiger partial charge in [0, 0.05) is 48.8 Å². The lowest BCUT2D eigenvalue weighted by Gasteiger charge is -2.30. The first kappa shape index (κ1) is 14.1. The van der Waals surface area contributed by atoms with Crippen LogP contribution in [-0.2, 0) is 4.74 Å². The number of benzene rings is 1. The number of hydrogen-bond acceptors (Lipinski definition) is 5. The SMILES string of the molecule is CC(CN1CCOCC1)Nc1ccc2cnccc2c1N. The molecule has 21 heavy (non-hydrogen) atoms. The van der Waals surface area contributed by atoms with Gasteiger partial charge in [-0.25, -0.2) is 0 Å². The third kappa shape index (κ3) is 3.25. The molecule has 1 unspecified atom stereocenters. The zero-order valence-corrected chi connectivity index (χ0v) is 12.4. The molecule has 5 heteroatoms. The Balaban J connectivity index is 1.70. The van der Waals surface area contributed by atoms with Crippen molar-refractivity contribution in [1.29, 1.82) is 0 Å². The van der Waals surface area contributed by atoms with Crippen molar-refractivity contribution in [3.63, 3.8) is 0 Å². The summed E-state index contributed by atoms with van der Waals surface area (Å²) in [5.41, 5.74) is 8.07. The van der Waals surface area contributed by atoms with Crippen molar-refractivity contribution in [2.24, 2.45) is 0 Å². The predicted molar refractivity (Wildman–Crippen MR) is 86.5 cm³/mol. The molecule has 0 aliphatic carbocycles. The molecule has 1 fully saturated rings. The monoisotopic (exact) mass is 286 g/mol. The minimum absolute atomic E-state index is 0.338. The third-order valence-electron chi connectivity index (χ3n) is 3.90. The minimum atomic E-state index is 0.338. The Morgan fingerprint density at radius 1 is 1.33 bits per heavy atom. The molecule has 0 saturated carbocycles. The summed E-state index contributed by atoms with van der Waals surface area (Å²) >= 11 is 0. The lowest BCUT2D eigenvalue weighted by atomic mass is 10.1. The predicted octanol–water partition coefficient (Wildman–Crippen LogP) is 1.95. The third-order valence-corrected chi connectivity index (χ3v) is 3.90. The molecule has 0 spiro atoms. The van der Waals surface area contributed by atoms with Crippen LogP contribution < -0.4 is 11.1 Å². The van der Waals surface area contributed by atoms with Crippen molar-refractivity contribution >= 4 is 22.1 Å². The van der Waals surface area contributed by atoms with Gasteiger partial charge in [0.1, 0.15) is 0 Å². The Bertz CT molecular complexity index is 610. The van der Waals surface area contributed by atoms with Crippen LogP contribution in [0.4, 0.5) is 11.4 Å². The van der Waals surface area contributed by atoms with E-state index in [9.17, 15) is 0 Å². The van der Waals surface area contributed by atoms with Crippen molar-refractivity contribution in [2.45, 2.75) is 13.0 Å². The van der Waals surface area contributed by atoms with Crippen LogP contribution in [-0.4, -0.2) is 48.8 Å². The quantitative estimate of drug-likeness (QED) is 0.841. The van der Waals surface area contributed by atoms with E-state index in [4.69, 9.17) is 10.5 Å². The van der Waals surface area contributed by atoms with Crippen molar-refractivity contribution in [2.75, 3.05) is 43.9 Å². The average Bonchev–Trinajstić information content (AvgIpc) is 2.51. The van der Waals surface area contributed by atoms with E-state index in [0.29, 0.717) is 6.04 Å². The number of aromatic nitrogens is 1. The zero-order valence-electron chi connectivity index (χ0n) is 12.4. The summed E-state index contributed by atoms with van der Waals surface area (Å²) in [5, 5.41) is 5.64. The molecule has 1 aromatic carbocycles. The van der Waals surface area contributed by atoms with Crippen LogP contribution in [0.5, 0.6) is 0 Å². The largest absolute Gasteiger partial charge is 0.397 e. The smallest absolute Gasteiger partial charge is 0.0630 e. The average molecular weight is 286 g/mol. The fraction of sp³-hybridized carbons (Fsp3) is 0.438. The van der Waals surface area contributed by atoms with Crippen LogP contribution in [0.3, 0.4) is 0 Å². The molecular weight excluding hydrogens is 264 g/mol. The number of rotatable bonds is 4. The summed E-state index contributed by atoms with van der Waals surface area (Å²) in [4.78, 5) is 6.55. The number of nitrogens with two attached hydrogens (primary N) is 1. The number of nitrogen functional groups attached to an aromatic ring is 1. The van der Waals surface area contributed by atoms with E-state index in [1.807, 2.05) is 18.3 Å². The van der Waals surface area contributed by atoms with Crippen LogP contribution >= 0.6 is 0 Å². The van der Waals surface area contributed by atoms with Gasteiger partial charge in [0.15, 0.2) is 0 Å². The summed E-state index contributed by atoms with van der Waals surface area (Å²) in [6.45, 7) is 6.86. The lowest BCUT2D eigenvalue weighted by Crippen LogP contribution is -2.42. The van der Waals surface area contributed by atoms with E-state index in [1.54, 1.807) is 6.20 Å². The van der Waals surface area contributed by atoms with Crippen LogP contribution in [0.25, 0.3) is 10.8 Å². The van der Waals surface area contributed by atoms with Crippen molar-refractivity contribution in [3.05, 3.63) is 30.6 Å². The Kier molecular flexibility index (Phi) is 4.22. The van der Waals surface area contributed by atoms with Gasteiger partial charge in [-0.05, 0) is 19.1 Å². The molecule has 2 heterocycles. The summed E-state index contributed by atoms with van der Waals surface area (Å²) in [5.74, 6) is 0. The maximum Gasteiger partial charge on any atom is 0.0630 e. The van der Waals surface area contributed by atoms with Gasteiger partial charge < -0.3 is 15.8 Å². The number of morpholine rings is 1. The van der Waals surface area contributed by atoms with Gasteiger partial charge in [0.25, 0.3) is 0 Å². The summed E-state index contributed by atoms with van der Waals surface area (Å²) in [7, 11) is 0. The zero-order chi connectivity index (χ0) is 14.7. The molecule has 3 rings (SSSR count). The second-order valence-corrected chi connectivity index (χ2v) is 5.58. The highest BCUT2D eigenvalue weighted by Crippen LogP contribution is 2.28. The first-order chi connectivity index (χ1) is 10.2. The second kappa shape index (κ2) is 6.28. The molecule has 1 saturated heterocycles. The highest BCUT2D eigenvalue weighted by molar-refractivity contribution is 5.98. The number of anilines is 2. The molecule has 1 atom stereocenters. The van der Waals surface area contributed by atoms with E-state index in [1.165, 1.54) is 0 Å². The van der Waals surface area contributed by atoms with Gasteiger partial charge in [-0.15, -0.1) is 0 Å². The number of nitrogens with zero attached hydrogens (tertiary/aromatic N) is 2. The van der Waals surface area contributed by atoms with Gasteiger partial charge in [0.05, 0.1) is 24.6 Å². The number of nitrogens with one attached hydrogen (secondary N) is 1. The first-order valence-electron chi connectivity index (χ1n) is 7.43. The van der Waals surface area contributed by atoms with Crippen LogP contribution in [0, 0.1) is 0 Å². The molecular formula is C16H22N4O. The molecule has 2 aromatic rings. The molecule has 1 aliphatic heterocycles. The molecule has 112 valence electrons. The normalized spacial score (nSPS) is 17.8. The second-order valence-electron chi connectivity index (χ2n) is 5.58. The van der Waals surface area contributed by atoms with Crippen molar-refractivity contribution in [1.82, 2.24) is 9.88 Å². The van der Waals surface area contributed by atoms with Gasteiger partial charge in [0.2, 0.25) is 0 Å². The highest BCUT2D eigenvalue weighted by Gasteiger charge is 2.14. The molecule has 0 amide bonds. The molecule has 3 N–H and O–H groups in total. The molecule has 0 bridgehead atoms. The molecule has 1 aromatic heterocycles. The lowest BCUT2D eigenvalue weighted by molar-refractivity contribution is 0.0368. The Morgan fingerprint density at radius 3 is 2.95 bits per heavy atom. The Labute approximate surface area is 125 Å². The Morgan fingerprint density at radius 2 is 2.14 bits per heavy atom. The Hall–Kier alpha value is -1.85. The highest BCUT2D eigenvalue weighted by atomic mass is 16.5. The fourth-order valence-corrected chi connectivity index (χ4v) is 2.80. The maximum atomic E-state index is 6.28. The fourth-order valence-electron chi connectivity index (χ4n) is 2.80. The van der Waals surface area contributed by atoms with Crippen molar-refractivity contribution in [3.8, 4) is 0 Å². The van der Waals surface area contributed by atoms with Crippen LogP contribution in [0.15, 0.2) is 30.6 Å². The number of ether oxygens (including phenoxy) is 1. The first-order valence-corrected chi connectivity index (χ1v) is 7.43. The van der Waals surface area contributed by atoms with E-state index in [-0.39, 0.29) is 0 Å². The van der Waals surface area contributed by atoms with Gasteiger partial charge >= 0.3 is 0 Å². The summed E-state index contributed by atoms with van der Waals surface area (Å²) in [6, 6.07) is 6.39. The van der Waals surface area contributed by atoms with Gasteiger partial charge in [-0.1, -0.05) is 6.07 Å². The number of pyridine rings is 1. The molecule has 0 radical (unpaired) electrons. The topological polar surface area (TPSA) is 63.4 Å². The minimum Gasteiger partial charge on any atom is -0.397 e. The van der Waals surface area contributed by atoms with Crippen molar-refractivity contribution < 1.29 is 4.74 Å². The molecule has 1 aliphatic rings. The summed E-state index contributed by atoms with van der Waals surface area (Å²) < 4.78 is 5.38. The van der Waals surface area contributed by atoms with Gasteiger partial charge in [-0.3, -0.25) is 9.88 Å². The van der Waals surface area contributed by atoms with E-state index in [2.05, 4.69) is 28.2 Å².